The minimum atomic E-state index is -3.47. The van der Waals surface area contributed by atoms with Crippen LogP contribution in [0.3, 0.4) is 0 Å². The summed E-state index contributed by atoms with van der Waals surface area (Å²) in [5.41, 5.74) is 1.04. The summed E-state index contributed by atoms with van der Waals surface area (Å²) in [6.45, 7) is 1.51. The van der Waals surface area contributed by atoms with Gasteiger partial charge < -0.3 is 18.7 Å². The third-order valence-corrected chi connectivity index (χ3v) is 5.78. The Labute approximate surface area is 185 Å². The molecule has 3 rings (SSSR count). The van der Waals surface area contributed by atoms with Gasteiger partial charge in [0.05, 0.1) is 31.1 Å². The molecule has 0 amide bonds. The Hall–Kier alpha value is -3.60. The van der Waals surface area contributed by atoms with Crippen LogP contribution in [0.1, 0.15) is 29.6 Å². The molecule has 0 atom stereocenters. The van der Waals surface area contributed by atoms with E-state index < -0.39 is 16.0 Å². The minimum Gasteiger partial charge on any atom is -0.497 e. The molecule has 0 fully saturated rings. The Morgan fingerprint density at radius 2 is 1.94 bits per heavy atom. The number of hydrogen-bond acceptors (Lipinski definition) is 9. The molecule has 11 heteroatoms. The number of ether oxygens (including phenoxy) is 3. The number of methoxy groups -OCH3 is 2. The van der Waals surface area contributed by atoms with Crippen molar-refractivity contribution in [3.63, 3.8) is 0 Å². The van der Waals surface area contributed by atoms with E-state index in [1.54, 1.807) is 44.4 Å². The molecule has 0 saturated heterocycles. The van der Waals surface area contributed by atoms with Crippen molar-refractivity contribution in [2.24, 2.45) is 0 Å². The first-order chi connectivity index (χ1) is 15.3. The van der Waals surface area contributed by atoms with Gasteiger partial charge in [0.25, 0.3) is 5.89 Å². The van der Waals surface area contributed by atoms with Gasteiger partial charge in [-0.25, -0.2) is 13.2 Å². The zero-order chi connectivity index (χ0) is 23.1. The molecule has 1 aromatic heterocycles. The number of carbonyl (C=O) groups is 1. The molecule has 10 nitrogen and oxygen atoms in total. The van der Waals surface area contributed by atoms with E-state index in [0.717, 1.165) is 0 Å². The van der Waals surface area contributed by atoms with Crippen molar-refractivity contribution in [1.82, 2.24) is 10.1 Å². The largest absolute Gasteiger partial charge is 0.497 e. The summed E-state index contributed by atoms with van der Waals surface area (Å²) in [5.74, 6) is 0.788. The Morgan fingerprint density at radius 3 is 2.66 bits per heavy atom. The van der Waals surface area contributed by atoms with Crippen molar-refractivity contribution in [1.29, 1.82) is 0 Å². The quantitative estimate of drug-likeness (QED) is 0.452. The molecule has 0 bridgehead atoms. The Morgan fingerprint density at radius 1 is 1.12 bits per heavy atom. The second-order valence-corrected chi connectivity index (χ2v) is 8.50. The van der Waals surface area contributed by atoms with E-state index in [2.05, 4.69) is 14.9 Å². The molecule has 0 aliphatic rings. The molecular formula is C21H23N3O7S. The highest BCUT2D eigenvalue weighted by atomic mass is 32.2. The number of aromatic nitrogens is 2. The molecule has 0 spiro atoms. The van der Waals surface area contributed by atoms with Crippen LogP contribution in [0.25, 0.3) is 11.4 Å². The third-order valence-electron chi connectivity index (χ3n) is 4.29. The first-order valence-corrected chi connectivity index (χ1v) is 11.3. The zero-order valence-electron chi connectivity index (χ0n) is 17.8. The average Bonchev–Trinajstić information content (AvgIpc) is 3.25. The van der Waals surface area contributed by atoms with Crippen molar-refractivity contribution in [2.45, 2.75) is 20.0 Å². The summed E-state index contributed by atoms with van der Waals surface area (Å²) >= 11 is 0. The van der Waals surface area contributed by atoms with Crippen LogP contribution in [0.4, 0.5) is 5.69 Å². The van der Waals surface area contributed by atoms with Gasteiger partial charge in [-0.15, -0.1) is 0 Å². The first-order valence-electron chi connectivity index (χ1n) is 9.68. The van der Waals surface area contributed by atoms with E-state index >= 15 is 0 Å². The van der Waals surface area contributed by atoms with Crippen molar-refractivity contribution >= 4 is 21.7 Å². The summed E-state index contributed by atoms with van der Waals surface area (Å²) in [6, 6.07) is 11.2. The summed E-state index contributed by atoms with van der Waals surface area (Å²) < 4.78 is 47.2. The van der Waals surface area contributed by atoms with Crippen molar-refractivity contribution in [3.8, 4) is 22.9 Å². The molecule has 0 radical (unpaired) electrons. The van der Waals surface area contributed by atoms with E-state index in [1.165, 1.54) is 19.2 Å². The molecular weight excluding hydrogens is 438 g/mol. The summed E-state index contributed by atoms with van der Waals surface area (Å²) in [4.78, 5) is 16.6. The number of nitrogens with one attached hydrogen (secondary N) is 1. The van der Waals surface area contributed by atoms with Crippen LogP contribution in [-0.2, 0) is 21.4 Å². The number of nitrogens with zero attached hydrogens (tertiary/aromatic N) is 2. The van der Waals surface area contributed by atoms with Crippen LogP contribution in [-0.4, -0.2) is 44.5 Å². The molecule has 170 valence electrons. The van der Waals surface area contributed by atoms with Crippen LogP contribution in [0.15, 0.2) is 47.0 Å². The highest BCUT2D eigenvalue weighted by molar-refractivity contribution is 7.92. The van der Waals surface area contributed by atoms with Crippen LogP contribution < -0.4 is 14.2 Å². The van der Waals surface area contributed by atoms with E-state index in [0.29, 0.717) is 23.5 Å². The Bertz CT molecular complexity index is 1190. The number of benzene rings is 2. The van der Waals surface area contributed by atoms with Gasteiger partial charge >= 0.3 is 5.97 Å². The highest BCUT2D eigenvalue weighted by Crippen LogP contribution is 2.31. The topological polar surface area (TPSA) is 130 Å². The van der Waals surface area contributed by atoms with Crippen molar-refractivity contribution in [2.75, 3.05) is 24.7 Å². The predicted octanol–water partition coefficient (Wildman–Crippen LogP) is 3.26. The zero-order valence-corrected chi connectivity index (χ0v) is 18.6. The SMILES string of the molecule is CCCS(=O)(=O)Nc1cccc(C(=O)OCc2nc(-c3ccc(OC)cc3OC)no2)c1. The van der Waals surface area contributed by atoms with E-state index in [9.17, 15) is 13.2 Å². The molecule has 0 aliphatic carbocycles. The maximum atomic E-state index is 12.4. The smallest absolute Gasteiger partial charge is 0.338 e. The molecule has 0 unspecified atom stereocenters. The standard InChI is InChI=1S/C21H23N3O7S/c1-4-10-32(26,27)24-15-7-5-6-14(11-15)21(25)30-13-19-22-20(23-31-19)17-9-8-16(28-2)12-18(17)29-3/h5-9,11-12,24H,4,10,13H2,1-3H3. The first kappa shape index (κ1) is 23.1. The number of rotatable bonds is 10. The Balaban J connectivity index is 1.67. The number of anilines is 1. The maximum absolute atomic E-state index is 12.4. The second kappa shape index (κ2) is 10.1. The summed E-state index contributed by atoms with van der Waals surface area (Å²) in [6.07, 6.45) is 0.478. The van der Waals surface area contributed by atoms with Crippen molar-refractivity contribution in [3.05, 3.63) is 53.9 Å². The van der Waals surface area contributed by atoms with Crippen LogP contribution in [0.5, 0.6) is 11.5 Å². The average molecular weight is 461 g/mol. The van der Waals surface area contributed by atoms with Crippen LogP contribution in [0.2, 0.25) is 0 Å². The number of esters is 1. The minimum absolute atomic E-state index is 0.0137. The van der Waals surface area contributed by atoms with Gasteiger partial charge in [-0.05, 0) is 36.8 Å². The lowest BCUT2D eigenvalue weighted by molar-refractivity contribution is 0.0430. The number of sulfonamides is 1. The van der Waals surface area contributed by atoms with Gasteiger partial charge in [0, 0.05) is 11.8 Å². The molecule has 2 aromatic carbocycles. The molecule has 0 aliphatic heterocycles. The molecule has 3 aromatic rings. The van der Waals surface area contributed by atoms with Gasteiger partial charge in [-0.2, -0.15) is 4.98 Å². The third kappa shape index (κ3) is 5.76. The number of carbonyl (C=O) groups excluding carboxylic acids is 1. The van der Waals surface area contributed by atoms with Gasteiger partial charge in [0.1, 0.15) is 11.5 Å². The molecule has 0 saturated carbocycles. The van der Waals surface area contributed by atoms with Gasteiger partial charge in [-0.3, -0.25) is 4.72 Å². The predicted molar refractivity (Wildman–Crippen MR) is 116 cm³/mol. The monoisotopic (exact) mass is 461 g/mol. The van der Waals surface area contributed by atoms with E-state index in [1.807, 2.05) is 0 Å². The van der Waals surface area contributed by atoms with Crippen LogP contribution >= 0.6 is 0 Å². The van der Waals surface area contributed by atoms with Crippen molar-refractivity contribution < 1.29 is 31.9 Å². The maximum Gasteiger partial charge on any atom is 0.338 e. The fourth-order valence-electron chi connectivity index (χ4n) is 2.83. The highest BCUT2D eigenvalue weighted by Gasteiger charge is 2.17. The molecule has 32 heavy (non-hydrogen) atoms. The van der Waals surface area contributed by atoms with Gasteiger partial charge in [-0.1, -0.05) is 18.1 Å². The summed E-state index contributed by atoms with van der Waals surface area (Å²) in [5, 5.41) is 3.90. The van der Waals surface area contributed by atoms with Gasteiger partial charge in [0.2, 0.25) is 15.8 Å². The van der Waals surface area contributed by atoms with E-state index in [-0.39, 0.29) is 35.3 Å². The van der Waals surface area contributed by atoms with Gasteiger partial charge in [0.15, 0.2) is 6.61 Å². The number of hydrogen-bond donors (Lipinski definition) is 1. The molecule has 1 N–H and O–H groups in total. The Kier molecular flexibility index (Phi) is 7.31. The second-order valence-electron chi connectivity index (χ2n) is 6.66. The van der Waals surface area contributed by atoms with E-state index in [4.69, 9.17) is 18.7 Å². The lowest BCUT2D eigenvalue weighted by Crippen LogP contribution is -2.16. The fourth-order valence-corrected chi connectivity index (χ4v) is 3.95. The van der Waals surface area contributed by atoms with Crippen LogP contribution in [0, 0.1) is 0 Å². The lowest BCUT2D eigenvalue weighted by atomic mass is 10.2. The lowest BCUT2D eigenvalue weighted by Gasteiger charge is -2.08. The normalized spacial score (nSPS) is 11.1. The summed E-state index contributed by atoms with van der Waals surface area (Å²) in [7, 11) is -0.412. The fraction of sp³-hybridized carbons (Fsp3) is 0.286. The molecule has 1 heterocycles.